The van der Waals surface area contributed by atoms with Crippen LogP contribution in [0.25, 0.3) is 0 Å². The predicted molar refractivity (Wildman–Crippen MR) is 40.2 cm³/mol. The van der Waals surface area contributed by atoms with E-state index >= 15 is 0 Å². The minimum atomic E-state index is -1.49. The van der Waals surface area contributed by atoms with Crippen LogP contribution in [0.15, 0.2) is 0 Å². The molecule has 1 aliphatic rings. The molecule has 0 spiro atoms. The summed E-state index contributed by atoms with van der Waals surface area (Å²) < 4.78 is 0. The zero-order valence-electron chi connectivity index (χ0n) is 6.92. The summed E-state index contributed by atoms with van der Waals surface area (Å²) in [6.07, 6.45) is 1.94. The Hall–Kier alpha value is -0.570. The molecule has 1 saturated carbocycles. The lowest BCUT2D eigenvalue weighted by atomic mass is 9.83. The Labute approximate surface area is 66.0 Å². The summed E-state index contributed by atoms with van der Waals surface area (Å²) in [4.78, 5) is 10.7. The highest BCUT2D eigenvalue weighted by Gasteiger charge is 2.58. The van der Waals surface area contributed by atoms with E-state index in [0.717, 1.165) is 12.8 Å². The van der Waals surface area contributed by atoms with Gasteiger partial charge in [-0.25, -0.2) is 4.79 Å². The highest BCUT2D eigenvalue weighted by molar-refractivity contribution is 5.78. The van der Waals surface area contributed by atoms with Crippen LogP contribution in [0.3, 0.4) is 0 Å². The van der Waals surface area contributed by atoms with Crippen LogP contribution in [-0.4, -0.2) is 21.8 Å². The second-order valence-electron chi connectivity index (χ2n) is 3.58. The fourth-order valence-electron chi connectivity index (χ4n) is 1.44. The van der Waals surface area contributed by atoms with Crippen LogP contribution in [0.4, 0.5) is 0 Å². The summed E-state index contributed by atoms with van der Waals surface area (Å²) in [7, 11) is 0. The van der Waals surface area contributed by atoms with Crippen molar-refractivity contribution in [2.75, 3.05) is 0 Å². The van der Waals surface area contributed by atoms with Crippen molar-refractivity contribution in [2.45, 2.75) is 38.7 Å². The van der Waals surface area contributed by atoms with E-state index in [9.17, 15) is 9.90 Å². The van der Waals surface area contributed by atoms with Crippen LogP contribution in [0, 0.1) is 5.41 Å². The molecule has 3 heteroatoms. The standard InChI is InChI=1S/C8H14O3/c1-3-8(11,6(9)10)7(2)4-5-7/h11H,3-5H2,1-2H3,(H,9,10). The normalized spacial score (nSPS) is 25.7. The Balaban J connectivity index is 2.83. The number of aliphatic carboxylic acids is 1. The Morgan fingerprint density at radius 2 is 2.09 bits per heavy atom. The molecule has 0 radical (unpaired) electrons. The molecule has 0 aliphatic heterocycles. The molecule has 2 N–H and O–H groups in total. The minimum Gasteiger partial charge on any atom is -0.479 e. The smallest absolute Gasteiger partial charge is 0.336 e. The van der Waals surface area contributed by atoms with Crippen molar-refractivity contribution in [1.29, 1.82) is 0 Å². The van der Waals surface area contributed by atoms with Gasteiger partial charge in [-0.15, -0.1) is 0 Å². The third-order valence-corrected chi connectivity index (χ3v) is 2.86. The SMILES string of the molecule is CCC(O)(C(=O)O)C1(C)CC1. The van der Waals surface area contributed by atoms with Gasteiger partial charge in [0.25, 0.3) is 0 Å². The summed E-state index contributed by atoms with van der Waals surface area (Å²) in [5.74, 6) is -1.08. The summed E-state index contributed by atoms with van der Waals surface area (Å²) >= 11 is 0. The van der Waals surface area contributed by atoms with E-state index in [1.165, 1.54) is 0 Å². The van der Waals surface area contributed by atoms with Crippen LogP contribution in [-0.2, 0) is 4.79 Å². The quantitative estimate of drug-likeness (QED) is 0.644. The van der Waals surface area contributed by atoms with Gasteiger partial charge in [0, 0.05) is 5.41 Å². The lowest BCUT2D eigenvalue weighted by molar-refractivity contribution is -0.166. The van der Waals surface area contributed by atoms with Gasteiger partial charge in [-0.05, 0) is 19.3 Å². The molecule has 0 amide bonds. The molecule has 64 valence electrons. The van der Waals surface area contributed by atoms with Gasteiger partial charge in [-0.2, -0.15) is 0 Å². The van der Waals surface area contributed by atoms with E-state index in [0.29, 0.717) is 6.42 Å². The molecular formula is C8H14O3. The summed E-state index contributed by atoms with van der Waals surface area (Å²) in [5.41, 5.74) is -1.86. The zero-order chi connectivity index (χ0) is 8.70. The van der Waals surface area contributed by atoms with E-state index in [-0.39, 0.29) is 5.41 Å². The second-order valence-corrected chi connectivity index (χ2v) is 3.58. The average Bonchev–Trinajstić information content (AvgIpc) is 2.67. The topological polar surface area (TPSA) is 57.5 Å². The molecule has 3 nitrogen and oxygen atoms in total. The van der Waals surface area contributed by atoms with Crippen LogP contribution in [0.1, 0.15) is 33.1 Å². The maximum Gasteiger partial charge on any atom is 0.336 e. The Morgan fingerprint density at radius 3 is 2.18 bits per heavy atom. The molecule has 0 aromatic rings. The maximum absolute atomic E-state index is 10.7. The molecule has 1 atom stereocenters. The van der Waals surface area contributed by atoms with E-state index in [1.807, 2.05) is 6.92 Å². The van der Waals surface area contributed by atoms with E-state index in [1.54, 1.807) is 6.92 Å². The fraction of sp³-hybridized carbons (Fsp3) is 0.875. The van der Waals surface area contributed by atoms with Gasteiger partial charge in [0.15, 0.2) is 5.60 Å². The van der Waals surface area contributed by atoms with E-state index in [2.05, 4.69) is 0 Å². The van der Waals surface area contributed by atoms with Crippen molar-refractivity contribution in [3.63, 3.8) is 0 Å². The molecule has 0 bridgehead atoms. The molecule has 1 aliphatic carbocycles. The van der Waals surface area contributed by atoms with E-state index in [4.69, 9.17) is 5.11 Å². The lowest BCUT2D eigenvalue weighted by Crippen LogP contribution is -2.45. The summed E-state index contributed by atoms with van der Waals surface area (Å²) in [5, 5.41) is 18.5. The van der Waals surface area contributed by atoms with E-state index < -0.39 is 11.6 Å². The number of hydrogen-bond acceptors (Lipinski definition) is 2. The van der Waals surface area contributed by atoms with Crippen molar-refractivity contribution >= 4 is 5.97 Å². The molecule has 0 aromatic carbocycles. The molecular weight excluding hydrogens is 144 g/mol. The number of carbonyl (C=O) groups is 1. The number of carboxylic acids is 1. The first-order chi connectivity index (χ1) is 4.96. The van der Waals surface area contributed by atoms with Crippen LogP contribution in [0.2, 0.25) is 0 Å². The van der Waals surface area contributed by atoms with Gasteiger partial charge in [0.2, 0.25) is 0 Å². The summed E-state index contributed by atoms with van der Waals surface area (Å²) in [6, 6.07) is 0. The van der Waals surface area contributed by atoms with Crippen LogP contribution < -0.4 is 0 Å². The third-order valence-electron chi connectivity index (χ3n) is 2.86. The second kappa shape index (κ2) is 2.21. The molecule has 11 heavy (non-hydrogen) atoms. The number of rotatable bonds is 3. The highest BCUT2D eigenvalue weighted by atomic mass is 16.4. The molecule has 1 fully saturated rings. The molecule has 0 aromatic heterocycles. The molecule has 1 unspecified atom stereocenters. The predicted octanol–water partition coefficient (Wildman–Crippen LogP) is 1.01. The first-order valence-electron chi connectivity index (χ1n) is 3.92. The number of carboxylic acid groups (broad SMARTS) is 1. The number of hydrogen-bond donors (Lipinski definition) is 2. The monoisotopic (exact) mass is 158 g/mol. The van der Waals surface area contributed by atoms with Crippen molar-refractivity contribution < 1.29 is 15.0 Å². The van der Waals surface area contributed by atoms with Gasteiger partial charge in [0.05, 0.1) is 0 Å². The van der Waals surface area contributed by atoms with Crippen molar-refractivity contribution in [3.05, 3.63) is 0 Å². The van der Waals surface area contributed by atoms with Crippen molar-refractivity contribution in [1.82, 2.24) is 0 Å². The van der Waals surface area contributed by atoms with Gasteiger partial charge in [-0.3, -0.25) is 0 Å². The Morgan fingerprint density at radius 1 is 1.64 bits per heavy atom. The number of aliphatic hydroxyl groups is 1. The fourth-order valence-corrected chi connectivity index (χ4v) is 1.44. The highest BCUT2D eigenvalue weighted by Crippen LogP contribution is 2.54. The van der Waals surface area contributed by atoms with Gasteiger partial charge in [0.1, 0.15) is 0 Å². The first-order valence-corrected chi connectivity index (χ1v) is 3.92. The van der Waals surface area contributed by atoms with Crippen LogP contribution >= 0.6 is 0 Å². The Kier molecular flexibility index (Phi) is 1.71. The Bertz CT molecular complexity index is 184. The lowest BCUT2D eigenvalue weighted by Gasteiger charge is -2.28. The van der Waals surface area contributed by atoms with Gasteiger partial charge >= 0.3 is 5.97 Å². The molecule has 0 heterocycles. The maximum atomic E-state index is 10.7. The molecule has 0 saturated heterocycles. The van der Waals surface area contributed by atoms with Gasteiger partial charge in [-0.1, -0.05) is 13.8 Å². The third kappa shape index (κ3) is 1.03. The average molecular weight is 158 g/mol. The summed E-state index contributed by atoms with van der Waals surface area (Å²) in [6.45, 7) is 3.53. The van der Waals surface area contributed by atoms with Crippen molar-refractivity contribution in [2.24, 2.45) is 5.41 Å². The minimum absolute atomic E-state index is 0.291. The van der Waals surface area contributed by atoms with Crippen molar-refractivity contribution in [3.8, 4) is 0 Å². The van der Waals surface area contributed by atoms with Crippen LogP contribution in [0.5, 0.6) is 0 Å². The first kappa shape index (κ1) is 8.53. The largest absolute Gasteiger partial charge is 0.479 e. The van der Waals surface area contributed by atoms with Gasteiger partial charge < -0.3 is 10.2 Å². The zero-order valence-corrected chi connectivity index (χ0v) is 6.92. The molecule has 1 rings (SSSR count).